The van der Waals surface area contributed by atoms with Crippen LogP contribution in [0.3, 0.4) is 0 Å². The molecule has 0 bridgehead atoms. The normalized spacial score (nSPS) is 12.2. The summed E-state index contributed by atoms with van der Waals surface area (Å²) >= 11 is 6.10. The largest absolute Gasteiger partial charge is 0.665 e. The molecule has 0 aliphatic carbocycles. The van der Waals surface area contributed by atoms with Crippen molar-refractivity contribution in [2.45, 2.75) is 38.6 Å². The van der Waals surface area contributed by atoms with Gasteiger partial charge in [-0.05, 0) is 62.2 Å². The molecule has 0 saturated carbocycles. The first-order valence-corrected chi connectivity index (χ1v) is 16.3. The zero-order valence-corrected chi connectivity index (χ0v) is 29.1. The Morgan fingerprint density at radius 1 is 1.02 bits per heavy atom. The van der Waals surface area contributed by atoms with Crippen molar-refractivity contribution >= 4 is 35.4 Å². The number of primary amides is 1. The molecule has 1 amide bonds. The molecule has 53 heavy (non-hydrogen) atoms. The Labute approximate surface area is 306 Å². The van der Waals surface area contributed by atoms with Gasteiger partial charge in [-0.1, -0.05) is 60.1 Å². The highest BCUT2D eigenvalue weighted by atomic mass is 35.5. The van der Waals surface area contributed by atoms with Gasteiger partial charge >= 0.3 is 18.1 Å². The van der Waals surface area contributed by atoms with Crippen molar-refractivity contribution in [3.8, 4) is 22.8 Å². The number of amides is 1. The van der Waals surface area contributed by atoms with Crippen LogP contribution in [0.5, 0.6) is 5.88 Å². The van der Waals surface area contributed by atoms with Crippen molar-refractivity contribution in [1.82, 2.24) is 19.7 Å². The molecule has 6 N–H and O–H groups in total. The number of hydrogen-bond donors (Lipinski definition) is 3. The van der Waals surface area contributed by atoms with Crippen molar-refractivity contribution in [2.75, 3.05) is 18.9 Å². The van der Waals surface area contributed by atoms with Crippen molar-refractivity contribution in [3.63, 3.8) is 0 Å². The first-order valence-electron chi connectivity index (χ1n) is 16.0. The average Bonchev–Trinajstić information content (AvgIpc) is 3.56. The molecule has 2 aromatic heterocycles. The molecular formula is C36H35ClF3N7O6. The number of nitrogens with zero attached hydrogens (tertiary/aromatic N) is 4. The molecule has 3 aromatic carbocycles. The number of quaternary nitrogens is 1. The number of nitrogens with one attached hydrogen (secondary N) is 1. The summed E-state index contributed by atoms with van der Waals surface area (Å²) in [5.41, 5.74) is 16.2. The van der Waals surface area contributed by atoms with E-state index in [1.54, 1.807) is 74.5 Å². The van der Waals surface area contributed by atoms with Gasteiger partial charge in [0, 0.05) is 28.4 Å². The number of nitrogen functional groups attached to an aromatic ring is 1. The van der Waals surface area contributed by atoms with E-state index in [2.05, 4.69) is 15.1 Å². The fourth-order valence-corrected chi connectivity index (χ4v) is 5.00. The molecule has 2 atom stereocenters. The van der Waals surface area contributed by atoms with Crippen LogP contribution in [-0.4, -0.2) is 68.1 Å². The molecule has 0 saturated heterocycles. The molecule has 0 spiro atoms. The Balaban J connectivity index is 0.000000407. The highest BCUT2D eigenvalue weighted by Gasteiger charge is 2.45. The Bertz CT molecular complexity index is 2030. The quantitative estimate of drug-likeness (QED) is 0.136. The van der Waals surface area contributed by atoms with Crippen molar-refractivity contribution in [2.24, 2.45) is 0 Å². The molecule has 0 aliphatic heterocycles. The van der Waals surface area contributed by atoms with Crippen LogP contribution in [0, 0.1) is 6.92 Å². The first kappa shape index (κ1) is 39.9. The first-order chi connectivity index (χ1) is 25.1. The molecule has 17 heteroatoms. The number of carboxylic acids is 1. The van der Waals surface area contributed by atoms with Gasteiger partial charge in [0.15, 0.2) is 6.54 Å². The van der Waals surface area contributed by atoms with Crippen LogP contribution in [0.15, 0.2) is 91.1 Å². The second-order valence-electron chi connectivity index (χ2n) is 11.3. The zero-order valence-electron chi connectivity index (χ0n) is 28.4. The summed E-state index contributed by atoms with van der Waals surface area (Å²) in [5.74, 6) is -2.54. The maximum Gasteiger partial charge on any atom is 0.429 e. The van der Waals surface area contributed by atoms with E-state index in [1.807, 2.05) is 0 Å². The second-order valence-corrected chi connectivity index (χ2v) is 11.8. The standard InChI is InChI=1S/C27H25ClF3N6O3.C9H9NO3/c1-3-39-25(38)20(32)12-16-4-6-17(7-5-16)21-14-23(35-26(33)34-21)40-24(27(29,30)31)19-9-8-18(28)13-22(19)37-11-10-15(2)36-37;11-8(12)6-10-9(13)7-4-2-1-3-5-7/h4-11,13-14,20,24,32H,3,12H2,1-2H3,(H2,33,34,35);1-5H,6H2,(H,10,13)(H,11,12)/q-1;/p+1. The molecule has 2 unspecified atom stereocenters. The molecule has 5 aromatic rings. The van der Waals surface area contributed by atoms with Crippen molar-refractivity contribution in [3.05, 3.63) is 124 Å². The van der Waals surface area contributed by atoms with Gasteiger partial charge in [0.1, 0.15) is 0 Å². The van der Waals surface area contributed by atoms with Gasteiger partial charge in [-0.15, -0.1) is 0 Å². The number of benzene rings is 3. The lowest BCUT2D eigenvalue weighted by Crippen LogP contribution is -2.89. The molecule has 0 aliphatic rings. The third kappa shape index (κ3) is 11.6. The van der Waals surface area contributed by atoms with Crippen LogP contribution in [-0.2, 0) is 20.7 Å². The van der Waals surface area contributed by atoms with Crippen LogP contribution in [0.2, 0.25) is 5.02 Å². The minimum absolute atomic E-state index is 0.0938. The summed E-state index contributed by atoms with van der Waals surface area (Å²) in [4.78, 5) is 41.1. The molecule has 0 fully saturated rings. The number of alkyl halides is 3. The number of nitrogens with two attached hydrogens (primary N) is 2. The van der Waals surface area contributed by atoms with E-state index in [9.17, 15) is 27.6 Å². The van der Waals surface area contributed by atoms with E-state index in [0.29, 0.717) is 22.4 Å². The topological polar surface area (TPSA) is 200 Å². The Hall–Kier alpha value is -5.84. The van der Waals surface area contributed by atoms with Gasteiger partial charge in [-0.2, -0.15) is 23.3 Å². The smallest absolute Gasteiger partial charge is 0.429 e. The lowest BCUT2D eigenvalue weighted by atomic mass is 10.0. The maximum absolute atomic E-state index is 14.4. The number of aliphatic carboxylic acids is 1. The predicted octanol–water partition coefficient (Wildman–Crippen LogP) is 5.56. The fraction of sp³-hybridized carbons (Fsp3) is 0.222. The number of anilines is 1. The van der Waals surface area contributed by atoms with E-state index >= 15 is 0 Å². The number of carboxylic acid groups (broad SMARTS) is 1. The predicted molar refractivity (Wildman–Crippen MR) is 188 cm³/mol. The van der Waals surface area contributed by atoms with Crippen LogP contribution < -0.4 is 15.8 Å². The van der Waals surface area contributed by atoms with Gasteiger partial charge < -0.3 is 26.0 Å². The summed E-state index contributed by atoms with van der Waals surface area (Å²) in [5, 5.41) is 13.9. The van der Waals surface area contributed by atoms with Crippen LogP contribution in [0.25, 0.3) is 22.7 Å². The van der Waals surface area contributed by atoms with E-state index in [0.717, 1.165) is 5.32 Å². The van der Waals surface area contributed by atoms with Crippen molar-refractivity contribution < 1.29 is 47.5 Å². The molecule has 0 radical (unpaired) electrons. The summed E-state index contributed by atoms with van der Waals surface area (Å²) < 4.78 is 54.7. The number of aromatic nitrogens is 4. The molecule has 13 nitrogen and oxygen atoms in total. The molecule has 2 heterocycles. The summed E-state index contributed by atoms with van der Waals surface area (Å²) in [7, 11) is 0. The second kappa shape index (κ2) is 18.1. The fourth-order valence-electron chi connectivity index (χ4n) is 4.84. The molecule has 5 rings (SSSR count). The SMILES string of the molecule is CCOC(=O)C([NH-])Cc1ccc(-c2cc(OC(c3ccc(Cl)cc3-n3ccc(C)n3)C(F)(F)F)nc(N)n2)cc1.O=C(O)C[NH2+]C(=O)c1ccccc1. The summed E-state index contributed by atoms with van der Waals surface area (Å²) in [6.07, 6.45) is -5.60. The van der Waals surface area contributed by atoms with E-state index in [1.165, 1.54) is 35.1 Å². The van der Waals surface area contributed by atoms with Gasteiger partial charge in [-0.25, -0.2) is 19.3 Å². The number of rotatable bonds is 12. The third-order valence-electron chi connectivity index (χ3n) is 7.28. The van der Waals surface area contributed by atoms with Gasteiger partial charge in [0.25, 0.3) is 5.97 Å². The van der Waals surface area contributed by atoms with Crippen molar-refractivity contribution in [1.29, 1.82) is 0 Å². The Morgan fingerprint density at radius 2 is 1.72 bits per heavy atom. The highest BCUT2D eigenvalue weighted by molar-refractivity contribution is 6.30. The lowest BCUT2D eigenvalue weighted by molar-refractivity contribution is -0.544. The minimum Gasteiger partial charge on any atom is -0.665 e. The molecule has 278 valence electrons. The lowest BCUT2D eigenvalue weighted by Gasteiger charge is -2.24. The zero-order chi connectivity index (χ0) is 38.7. The minimum atomic E-state index is -4.84. The Kier molecular flexibility index (Phi) is 13.6. The number of aryl methyl sites for hydroxylation is 1. The number of ether oxygens (including phenoxy) is 2. The number of esters is 1. The average molecular weight is 754 g/mol. The van der Waals surface area contributed by atoms with Crippen LogP contribution in [0.1, 0.15) is 40.2 Å². The highest BCUT2D eigenvalue weighted by Crippen LogP contribution is 2.40. The van der Waals surface area contributed by atoms with Crippen LogP contribution >= 0.6 is 11.6 Å². The van der Waals surface area contributed by atoms with Gasteiger partial charge in [0.05, 0.1) is 29.2 Å². The van der Waals surface area contributed by atoms with E-state index in [4.69, 9.17) is 37.6 Å². The maximum atomic E-state index is 14.4. The summed E-state index contributed by atoms with van der Waals surface area (Å²) in [6, 6.07) is 21.0. The summed E-state index contributed by atoms with van der Waals surface area (Å²) in [6.45, 7) is 3.33. The Morgan fingerprint density at radius 3 is 2.32 bits per heavy atom. The number of carbonyl (C=O) groups is 3. The van der Waals surface area contributed by atoms with Gasteiger partial charge in [0.2, 0.25) is 17.9 Å². The number of carbonyl (C=O) groups excluding carboxylic acids is 2. The monoisotopic (exact) mass is 753 g/mol. The van der Waals surface area contributed by atoms with E-state index < -0.39 is 30.3 Å². The number of halogens is 4. The van der Waals surface area contributed by atoms with Crippen LogP contribution in [0.4, 0.5) is 19.1 Å². The van der Waals surface area contributed by atoms with Gasteiger partial charge in [-0.3, -0.25) is 10.1 Å². The molecular weight excluding hydrogens is 719 g/mol. The third-order valence-corrected chi connectivity index (χ3v) is 7.52. The van der Waals surface area contributed by atoms with E-state index in [-0.39, 0.29) is 59.3 Å². The number of hydrogen-bond acceptors (Lipinski definition) is 9.